The number of halogens is 1. The third-order valence-corrected chi connectivity index (χ3v) is 9.76. The zero-order valence-electron chi connectivity index (χ0n) is 25.4. The maximum atomic E-state index is 14.7. The topological polar surface area (TPSA) is 183 Å². The van der Waals surface area contributed by atoms with Crippen LogP contribution in [0.3, 0.4) is 0 Å². The van der Waals surface area contributed by atoms with Crippen molar-refractivity contribution in [3.05, 3.63) is 119 Å². The fourth-order valence-corrected chi connectivity index (χ4v) is 7.15. The molecule has 0 bridgehead atoms. The molecule has 4 aromatic heterocycles. The van der Waals surface area contributed by atoms with Crippen LogP contribution in [-0.2, 0) is 10.0 Å². The molecule has 7 aromatic rings. The van der Waals surface area contributed by atoms with Crippen molar-refractivity contribution in [3.63, 3.8) is 0 Å². The fraction of sp³-hybridized carbons (Fsp3) is 0.0909. The molecule has 1 atom stereocenters. The van der Waals surface area contributed by atoms with Crippen molar-refractivity contribution in [2.24, 2.45) is 0 Å². The van der Waals surface area contributed by atoms with Crippen LogP contribution >= 0.6 is 0 Å². The number of aromatic nitrogens is 6. The summed E-state index contributed by atoms with van der Waals surface area (Å²) < 4.78 is 45.7. The number of phenolic OH excluding ortho intramolecular Hbond substituents is 2. The minimum Gasteiger partial charge on any atom is -0.508 e. The molecule has 0 saturated heterocycles. The number of hydrogen-bond donors (Lipinski definition) is 4. The van der Waals surface area contributed by atoms with E-state index in [0.29, 0.717) is 23.1 Å². The van der Waals surface area contributed by atoms with Crippen molar-refractivity contribution in [1.82, 2.24) is 28.1 Å². The standard InChI is InChI=1S/C33H27FN8O5S/c1-18-10-12-40-29(18)33(45)42(21-6-4-3-5-7-21)32(39-40)19(2)38-31-28(30(35)36-17-37-31)20-14-25-23(26(44)15-20)11-13-41(25)48(46,47)27-9-8-22(43)16-24(27)34/h3-17,19,43-44H,1-2H3,(H3,35,36,37,38). The quantitative estimate of drug-likeness (QED) is 0.185. The van der Waals surface area contributed by atoms with E-state index in [0.717, 1.165) is 21.7 Å². The van der Waals surface area contributed by atoms with Gasteiger partial charge in [0.25, 0.3) is 15.6 Å². The van der Waals surface area contributed by atoms with Crippen LogP contribution in [0.5, 0.6) is 11.5 Å². The Bertz CT molecular complexity index is 2560. The first-order chi connectivity index (χ1) is 23.0. The predicted molar refractivity (Wildman–Crippen MR) is 177 cm³/mol. The third-order valence-electron chi connectivity index (χ3n) is 8.04. The van der Waals surface area contributed by atoms with Gasteiger partial charge in [0.05, 0.1) is 22.8 Å². The van der Waals surface area contributed by atoms with Gasteiger partial charge in [-0.1, -0.05) is 18.2 Å². The highest BCUT2D eigenvalue weighted by Gasteiger charge is 2.26. The van der Waals surface area contributed by atoms with Gasteiger partial charge in [-0.05, 0) is 73.5 Å². The molecule has 3 aromatic carbocycles. The molecule has 0 fully saturated rings. The second-order valence-electron chi connectivity index (χ2n) is 11.1. The number of para-hydroxylation sites is 1. The molecule has 15 heteroatoms. The Morgan fingerprint density at radius 1 is 0.979 bits per heavy atom. The summed E-state index contributed by atoms with van der Waals surface area (Å²) in [5.74, 6) is -1.29. The lowest BCUT2D eigenvalue weighted by atomic mass is 10.0. The van der Waals surface area contributed by atoms with Gasteiger partial charge in [-0.2, -0.15) is 5.10 Å². The molecule has 242 valence electrons. The Morgan fingerprint density at radius 2 is 1.75 bits per heavy atom. The van der Waals surface area contributed by atoms with Gasteiger partial charge in [0.2, 0.25) is 0 Å². The zero-order chi connectivity index (χ0) is 33.9. The predicted octanol–water partition coefficient (Wildman–Crippen LogP) is 4.75. The highest BCUT2D eigenvalue weighted by Crippen LogP contribution is 2.39. The first-order valence-corrected chi connectivity index (χ1v) is 16.0. The number of nitrogen functional groups attached to an aromatic ring is 1. The lowest BCUT2D eigenvalue weighted by Gasteiger charge is -2.21. The summed E-state index contributed by atoms with van der Waals surface area (Å²) in [5.41, 5.74) is 8.39. The maximum Gasteiger partial charge on any atom is 0.282 e. The molecule has 0 amide bonds. The number of nitrogens with one attached hydrogen (secondary N) is 1. The van der Waals surface area contributed by atoms with Crippen molar-refractivity contribution >= 4 is 38.1 Å². The molecule has 0 aliphatic heterocycles. The van der Waals surface area contributed by atoms with Gasteiger partial charge < -0.3 is 21.3 Å². The molecule has 5 N–H and O–H groups in total. The number of nitrogens with two attached hydrogens (primary N) is 1. The SMILES string of the molecule is Cc1ccn2nc(C(C)Nc3ncnc(N)c3-c3cc(O)c4ccn(S(=O)(=O)c5ccc(O)cc5F)c4c3)n(-c3ccccc3)c(=O)c12. The van der Waals surface area contributed by atoms with Crippen molar-refractivity contribution in [2.45, 2.75) is 24.8 Å². The largest absolute Gasteiger partial charge is 0.508 e. The number of aryl methyl sites for hydroxylation is 1. The number of nitrogens with zero attached hydrogens (tertiary/aromatic N) is 6. The number of anilines is 2. The molecule has 48 heavy (non-hydrogen) atoms. The van der Waals surface area contributed by atoms with Crippen LogP contribution in [0.1, 0.15) is 24.4 Å². The van der Waals surface area contributed by atoms with Crippen LogP contribution in [-0.4, -0.2) is 46.8 Å². The second kappa shape index (κ2) is 11.2. The van der Waals surface area contributed by atoms with Crippen LogP contribution in [0, 0.1) is 12.7 Å². The van der Waals surface area contributed by atoms with E-state index in [4.69, 9.17) is 10.8 Å². The van der Waals surface area contributed by atoms with Crippen LogP contribution in [0.25, 0.3) is 33.2 Å². The summed E-state index contributed by atoms with van der Waals surface area (Å²) in [4.78, 5) is 21.7. The molecule has 13 nitrogen and oxygen atoms in total. The molecular weight excluding hydrogens is 639 g/mol. The average molecular weight is 667 g/mol. The molecule has 0 aliphatic rings. The van der Waals surface area contributed by atoms with Crippen LogP contribution in [0.2, 0.25) is 0 Å². The van der Waals surface area contributed by atoms with E-state index in [9.17, 15) is 27.8 Å². The fourth-order valence-electron chi connectivity index (χ4n) is 5.76. The number of rotatable bonds is 7. The maximum absolute atomic E-state index is 14.7. The highest BCUT2D eigenvalue weighted by atomic mass is 32.2. The summed E-state index contributed by atoms with van der Waals surface area (Å²) >= 11 is 0. The highest BCUT2D eigenvalue weighted by molar-refractivity contribution is 7.90. The monoisotopic (exact) mass is 666 g/mol. The van der Waals surface area contributed by atoms with Crippen molar-refractivity contribution < 1.29 is 23.0 Å². The van der Waals surface area contributed by atoms with Crippen molar-refractivity contribution in [2.75, 3.05) is 11.1 Å². The molecule has 0 radical (unpaired) electrons. The normalized spacial score (nSPS) is 12.5. The smallest absolute Gasteiger partial charge is 0.282 e. The Morgan fingerprint density at radius 3 is 2.50 bits per heavy atom. The average Bonchev–Trinajstić information content (AvgIpc) is 3.66. The zero-order valence-corrected chi connectivity index (χ0v) is 26.2. The molecule has 0 saturated carbocycles. The van der Waals surface area contributed by atoms with E-state index < -0.39 is 32.5 Å². The minimum atomic E-state index is -4.51. The second-order valence-corrected chi connectivity index (χ2v) is 12.9. The van der Waals surface area contributed by atoms with Gasteiger partial charge in [-0.15, -0.1) is 0 Å². The number of benzene rings is 3. The van der Waals surface area contributed by atoms with Crippen LogP contribution in [0.15, 0.2) is 101 Å². The van der Waals surface area contributed by atoms with E-state index in [1.165, 1.54) is 39.8 Å². The van der Waals surface area contributed by atoms with Crippen molar-refractivity contribution in [3.8, 4) is 28.3 Å². The molecule has 4 heterocycles. The molecule has 1 unspecified atom stereocenters. The van der Waals surface area contributed by atoms with E-state index in [1.807, 2.05) is 25.1 Å². The first kappa shape index (κ1) is 30.4. The Hall–Kier alpha value is -6.22. The van der Waals surface area contributed by atoms with Crippen LogP contribution < -0.4 is 16.6 Å². The lowest BCUT2D eigenvalue weighted by molar-refractivity contribution is 0.465. The molecule has 7 rings (SSSR count). The van der Waals surface area contributed by atoms with E-state index in [-0.39, 0.29) is 45.0 Å². The third kappa shape index (κ3) is 4.87. The van der Waals surface area contributed by atoms with Gasteiger partial charge in [0.1, 0.15) is 45.7 Å². The Balaban J connectivity index is 1.36. The van der Waals surface area contributed by atoms with Gasteiger partial charge >= 0.3 is 0 Å². The minimum absolute atomic E-state index is 0.00823. The van der Waals surface area contributed by atoms with Crippen molar-refractivity contribution in [1.29, 1.82) is 0 Å². The molecule has 0 aliphatic carbocycles. The number of hydrogen-bond acceptors (Lipinski definition) is 10. The number of aromatic hydroxyl groups is 2. The van der Waals surface area contributed by atoms with Crippen LogP contribution in [0.4, 0.5) is 16.0 Å². The summed E-state index contributed by atoms with van der Waals surface area (Å²) in [6.07, 6.45) is 4.13. The number of fused-ring (bicyclic) bond motifs is 2. The Labute approximate surface area is 272 Å². The molecular formula is C33H27FN8O5S. The van der Waals surface area contributed by atoms with Gasteiger partial charge in [0.15, 0.2) is 5.82 Å². The first-order valence-electron chi connectivity index (χ1n) is 14.6. The summed E-state index contributed by atoms with van der Waals surface area (Å²) in [6, 6.07) is 17.2. The number of phenols is 2. The van der Waals surface area contributed by atoms with Gasteiger partial charge in [-0.25, -0.2) is 31.3 Å². The Kier molecular flexibility index (Phi) is 7.13. The van der Waals surface area contributed by atoms with E-state index >= 15 is 0 Å². The summed E-state index contributed by atoms with van der Waals surface area (Å²) in [6.45, 7) is 3.62. The van der Waals surface area contributed by atoms with E-state index in [2.05, 4.69) is 15.3 Å². The summed E-state index contributed by atoms with van der Waals surface area (Å²) in [5, 5.41) is 28.8. The van der Waals surface area contributed by atoms with Gasteiger partial charge in [-0.3, -0.25) is 9.36 Å². The van der Waals surface area contributed by atoms with Gasteiger partial charge in [0, 0.05) is 23.8 Å². The lowest BCUT2D eigenvalue weighted by Crippen LogP contribution is -2.29. The molecule has 0 spiro atoms. The summed E-state index contributed by atoms with van der Waals surface area (Å²) in [7, 11) is -4.51. The van der Waals surface area contributed by atoms with E-state index in [1.54, 1.807) is 31.3 Å².